The van der Waals surface area contributed by atoms with E-state index in [1.54, 1.807) is 19.2 Å². The Balaban J connectivity index is 1.67. The summed E-state index contributed by atoms with van der Waals surface area (Å²) in [6.45, 7) is 2.43. The predicted octanol–water partition coefficient (Wildman–Crippen LogP) is 5.54. The Labute approximate surface area is 190 Å². The maximum Gasteiger partial charge on any atom is 0.258 e. The second-order valence-electron chi connectivity index (χ2n) is 8.68. The molecule has 0 N–H and O–H groups in total. The van der Waals surface area contributed by atoms with Crippen molar-refractivity contribution in [3.05, 3.63) is 70.9 Å². The lowest BCUT2D eigenvalue weighted by Crippen LogP contribution is -2.30. The van der Waals surface area contributed by atoms with Crippen LogP contribution < -0.4 is 9.47 Å². The van der Waals surface area contributed by atoms with Crippen molar-refractivity contribution in [1.82, 2.24) is 4.90 Å². The van der Waals surface area contributed by atoms with Crippen molar-refractivity contribution in [3.8, 4) is 11.5 Å². The van der Waals surface area contributed by atoms with Crippen molar-refractivity contribution in [1.29, 1.82) is 0 Å². The number of nitrogens with zero attached hydrogens (tertiary/aromatic N) is 1. The molecule has 32 heavy (non-hydrogen) atoms. The maximum atomic E-state index is 13.8. The van der Waals surface area contributed by atoms with Crippen molar-refractivity contribution in [2.45, 2.75) is 58.1 Å². The highest BCUT2D eigenvalue weighted by Gasteiger charge is 2.30. The zero-order valence-corrected chi connectivity index (χ0v) is 18.9. The average molecular weight is 434 g/mol. The molecule has 4 rings (SSSR count). The van der Waals surface area contributed by atoms with Crippen LogP contribution in [-0.4, -0.2) is 30.3 Å². The first-order chi connectivity index (χ1) is 15.6. The number of carbonyl (C=O) groups excluding carboxylic acids is 2. The summed E-state index contributed by atoms with van der Waals surface area (Å²) in [5, 5.41) is 0. The molecule has 0 bridgehead atoms. The summed E-state index contributed by atoms with van der Waals surface area (Å²) in [4.78, 5) is 27.1. The van der Waals surface area contributed by atoms with Crippen LogP contribution in [0.15, 0.2) is 59.8 Å². The van der Waals surface area contributed by atoms with Gasteiger partial charge in [-0.3, -0.25) is 4.79 Å². The third-order valence-electron chi connectivity index (χ3n) is 6.63. The monoisotopic (exact) mass is 433 g/mol. The first-order valence-corrected chi connectivity index (χ1v) is 11.5. The van der Waals surface area contributed by atoms with E-state index in [-0.39, 0.29) is 17.9 Å². The average Bonchev–Trinajstić information content (AvgIpc) is 3.47. The number of aldehydes is 1. The molecule has 0 radical (unpaired) electrons. The molecule has 0 heterocycles. The van der Waals surface area contributed by atoms with Crippen molar-refractivity contribution in [3.63, 3.8) is 0 Å². The number of rotatable bonds is 8. The quantitative estimate of drug-likeness (QED) is 0.513. The van der Waals surface area contributed by atoms with Gasteiger partial charge in [0.05, 0.1) is 19.8 Å². The molecule has 2 aromatic carbocycles. The fourth-order valence-corrected chi connectivity index (χ4v) is 4.74. The Kier molecular flexibility index (Phi) is 6.93. The Bertz CT molecular complexity index is 992. The Morgan fingerprint density at radius 3 is 2.47 bits per heavy atom. The van der Waals surface area contributed by atoms with Gasteiger partial charge in [0.25, 0.3) is 5.91 Å². The number of methoxy groups -OCH3 is 1. The molecule has 1 unspecified atom stereocenters. The van der Waals surface area contributed by atoms with Gasteiger partial charge in [0, 0.05) is 17.2 Å². The van der Waals surface area contributed by atoms with Gasteiger partial charge in [0.15, 0.2) is 11.5 Å². The Morgan fingerprint density at radius 1 is 1.06 bits per heavy atom. The molecule has 1 fully saturated rings. The zero-order chi connectivity index (χ0) is 22.5. The van der Waals surface area contributed by atoms with Gasteiger partial charge in [-0.05, 0) is 74.8 Å². The second-order valence-corrected chi connectivity index (χ2v) is 8.68. The predicted molar refractivity (Wildman–Crippen MR) is 124 cm³/mol. The highest BCUT2D eigenvalue weighted by molar-refractivity contribution is 5.96. The second kappa shape index (κ2) is 10.0. The van der Waals surface area contributed by atoms with E-state index in [1.165, 1.54) is 12.8 Å². The smallest absolute Gasteiger partial charge is 0.258 e. The minimum Gasteiger partial charge on any atom is -0.493 e. The summed E-state index contributed by atoms with van der Waals surface area (Å²) in [7, 11) is 1.62. The molecule has 2 aromatic rings. The van der Waals surface area contributed by atoms with Crippen molar-refractivity contribution in [2.75, 3.05) is 7.11 Å². The molecule has 2 aliphatic rings. The molecule has 1 saturated carbocycles. The SMILES string of the molecule is COc1ccc(C(=O)N(Cc2ccccc2)C2=C(C)C(C=O)CC2)cc1OC1CCCC1. The molecule has 0 aliphatic heterocycles. The molecule has 0 aromatic heterocycles. The van der Waals surface area contributed by atoms with Gasteiger partial charge in [-0.15, -0.1) is 0 Å². The summed E-state index contributed by atoms with van der Waals surface area (Å²) in [5.41, 5.74) is 3.54. The minimum absolute atomic E-state index is 0.0892. The zero-order valence-electron chi connectivity index (χ0n) is 18.9. The number of amides is 1. The van der Waals surface area contributed by atoms with Gasteiger partial charge >= 0.3 is 0 Å². The number of ether oxygens (including phenoxy) is 2. The molecule has 0 saturated heterocycles. The summed E-state index contributed by atoms with van der Waals surface area (Å²) >= 11 is 0. The van der Waals surface area contributed by atoms with Crippen LogP contribution in [0.4, 0.5) is 0 Å². The van der Waals surface area contributed by atoms with Crippen molar-refractivity contribution < 1.29 is 19.1 Å². The number of allylic oxidation sites excluding steroid dienone is 2. The van der Waals surface area contributed by atoms with Gasteiger partial charge in [-0.25, -0.2) is 0 Å². The standard InChI is InChI=1S/C27H31NO4/c1-19-22(18-29)12-14-24(19)28(17-20-8-4-3-5-9-20)27(30)21-13-15-25(31-2)26(16-21)32-23-10-6-7-11-23/h3-5,8-9,13,15-16,18,22-23H,6-7,10-12,14,17H2,1-2H3. The molecule has 168 valence electrons. The molecular weight excluding hydrogens is 402 g/mol. The van der Waals surface area contributed by atoms with Crippen LogP contribution >= 0.6 is 0 Å². The molecule has 0 spiro atoms. The van der Waals surface area contributed by atoms with Crippen LogP contribution in [0.1, 0.15) is 61.4 Å². The normalized spacial score (nSPS) is 18.6. The van der Waals surface area contributed by atoms with Crippen LogP contribution in [-0.2, 0) is 11.3 Å². The van der Waals surface area contributed by atoms with E-state index < -0.39 is 0 Å². The fourth-order valence-electron chi connectivity index (χ4n) is 4.74. The number of hydrogen-bond donors (Lipinski definition) is 0. The van der Waals surface area contributed by atoms with Crippen molar-refractivity contribution >= 4 is 12.2 Å². The van der Waals surface area contributed by atoms with E-state index in [0.717, 1.165) is 48.8 Å². The van der Waals surface area contributed by atoms with Gasteiger partial charge in [0.1, 0.15) is 6.29 Å². The first-order valence-electron chi connectivity index (χ1n) is 11.5. The molecule has 5 heteroatoms. The van der Waals surface area contributed by atoms with Crippen LogP contribution in [0.3, 0.4) is 0 Å². The third-order valence-corrected chi connectivity index (χ3v) is 6.63. The maximum absolute atomic E-state index is 13.8. The Morgan fingerprint density at radius 2 is 1.81 bits per heavy atom. The summed E-state index contributed by atoms with van der Waals surface area (Å²) < 4.78 is 11.7. The minimum atomic E-state index is -0.117. The van der Waals surface area contributed by atoms with Gasteiger partial charge in [-0.2, -0.15) is 0 Å². The lowest BCUT2D eigenvalue weighted by molar-refractivity contribution is -0.110. The summed E-state index contributed by atoms with van der Waals surface area (Å²) in [6, 6.07) is 15.4. The number of carbonyl (C=O) groups is 2. The largest absolute Gasteiger partial charge is 0.493 e. The highest BCUT2D eigenvalue weighted by atomic mass is 16.5. The highest BCUT2D eigenvalue weighted by Crippen LogP contribution is 2.36. The van der Waals surface area contributed by atoms with Crippen LogP contribution in [0.25, 0.3) is 0 Å². The van der Waals surface area contributed by atoms with E-state index in [0.29, 0.717) is 23.6 Å². The number of hydrogen-bond acceptors (Lipinski definition) is 4. The molecular formula is C27H31NO4. The van der Waals surface area contributed by atoms with Gasteiger partial charge < -0.3 is 19.2 Å². The fraction of sp³-hybridized carbons (Fsp3) is 0.407. The molecule has 1 amide bonds. The van der Waals surface area contributed by atoms with E-state index in [1.807, 2.05) is 48.2 Å². The lowest BCUT2D eigenvalue weighted by atomic mass is 10.1. The van der Waals surface area contributed by atoms with Crippen molar-refractivity contribution in [2.24, 2.45) is 5.92 Å². The van der Waals surface area contributed by atoms with Gasteiger partial charge in [0.2, 0.25) is 0 Å². The number of benzene rings is 2. The van der Waals surface area contributed by atoms with E-state index >= 15 is 0 Å². The lowest BCUT2D eigenvalue weighted by Gasteiger charge is -2.26. The molecule has 5 nitrogen and oxygen atoms in total. The van der Waals surface area contributed by atoms with Gasteiger partial charge in [-0.1, -0.05) is 30.3 Å². The molecule has 1 atom stereocenters. The first kappa shape index (κ1) is 22.1. The van der Waals surface area contributed by atoms with E-state index in [4.69, 9.17) is 9.47 Å². The third kappa shape index (κ3) is 4.72. The summed E-state index contributed by atoms with van der Waals surface area (Å²) in [6.07, 6.45) is 7.03. The van der Waals surface area contributed by atoms with E-state index in [9.17, 15) is 9.59 Å². The van der Waals surface area contributed by atoms with E-state index in [2.05, 4.69) is 0 Å². The topological polar surface area (TPSA) is 55.8 Å². The van der Waals surface area contributed by atoms with Crippen LogP contribution in [0.5, 0.6) is 11.5 Å². The summed E-state index contributed by atoms with van der Waals surface area (Å²) in [5.74, 6) is 1.05. The Hall–Kier alpha value is -3.08. The molecule has 2 aliphatic carbocycles. The van der Waals surface area contributed by atoms with Crippen LogP contribution in [0, 0.1) is 5.92 Å². The van der Waals surface area contributed by atoms with Crippen LogP contribution in [0.2, 0.25) is 0 Å².